The lowest BCUT2D eigenvalue weighted by atomic mass is 10.0. The largest absolute Gasteiger partial charge is 0.355 e. The van der Waals surface area contributed by atoms with Crippen LogP contribution in [0.2, 0.25) is 0 Å². The van der Waals surface area contributed by atoms with Gasteiger partial charge in [0.2, 0.25) is 0 Å². The maximum absolute atomic E-state index is 12.3. The second-order valence-electron chi connectivity index (χ2n) is 7.40. The van der Waals surface area contributed by atoms with Crippen LogP contribution >= 0.6 is 24.0 Å². The lowest BCUT2D eigenvalue weighted by Crippen LogP contribution is -2.49. The molecular formula is C23H33IN4OS. The summed E-state index contributed by atoms with van der Waals surface area (Å²) in [5.41, 5.74) is 1.38. The van der Waals surface area contributed by atoms with Crippen molar-refractivity contribution in [2.45, 2.75) is 36.7 Å². The number of aliphatic imine (C=N–C) groups is 1. The number of hydrogen-bond donors (Lipinski definition) is 2. The van der Waals surface area contributed by atoms with Crippen LogP contribution in [-0.4, -0.2) is 53.5 Å². The zero-order valence-electron chi connectivity index (χ0n) is 17.8. The fourth-order valence-electron chi connectivity index (χ4n) is 3.71. The molecule has 2 unspecified atom stereocenters. The molecule has 2 aromatic carbocycles. The van der Waals surface area contributed by atoms with Crippen LogP contribution in [0.4, 0.5) is 0 Å². The molecule has 0 bridgehead atoms. The summed E-state index contributed by atoms with van der Waals surface area (Å²) in [6, 6.07) is 21.2. The van der Waals surface area contributed by atoms with Gasteiger partial charge in [0, 0.05) is 49.4 Å². The lowest BCUT2D eigenvalue weighted by molar-refractivity contribution is 0.158. The van der Waals surface area contributed by atoms with E-state index in [1.165, 1.54) is 5.56 Å². The van der Waals surface area contributed by atoms with Crippen LogP contribution in [0.3, 0.4) is 0 Å². The summed E-state index contributed by atoms with van der Waals surface area (Å²) in [6.07, 6.45) is 2.18. The summed E-state index contributed by atoms with van der Waals surface area (Å²) in [4.78, 5) is 7.76. The van der Waals surface area contributed by atoms with Gasteiger partial charge in [0.1, 0.15) is 0 Å². The van der Waals surface area contributed by atoms with Gasteiger partial charge in [0.15, 0.2) is 5.96 Å². The topological polar surface area (TPSA) is 56.7 Å². The van der Waals surface area contributed by atoms with Crippen LogP contribution in [0.1, 0.15) is 31.4 Å². The first-order valence-electron chi connectivity index (χ1n) is 10.4. The standard InChI is InChI=1S/C23H32N4OS.HI/c1-19(20-9-5-3-6-10-20)27-16-13-21(14-17-27)26-23(24-2)25-15-18-29(28)22-11-7-4-8-12-22;/h3-12,19,21H,13-18H2,1-2H3,(H2,24,25,26);1H. The zero-order valence-corrected chi connectivity index (χ0v) is 20.9. The Hall–Kier alpha value is -1.45. The molecule has 1 aliphatic heterocycles. The highest BCUT2D eigenvalue weighted by Crippen LogP contribution is 2.23. The van der Waals surface area contributed by atoms with E-state index in [9.17, 15) is 4.21 Å². The molecule has 2 atom stereocenters. The number of piperidine rings is 1. The SMILES string of the molecule is CN=C(NCCS(=O)c1ccccc1)NC1CCN(C(C)c2ccccc2)CC1.I. The third-order valence-electron chi connectivity index (χ3n) is 5.51. The molecule has 2 aromatic rings. The summed E-state index contributed by atoms with van der Waals surface area (Å²) in [5.74, 6) is 1.36. The molecule has 2 N–H and O–H groups in total. The van der Waals surface area contributed by atoms with Gasteiger partial charge in [-0.2, -0.15) is 0 Å². The average molecular weight is 541 g/mol. The smallest absolute Gasteiger partial charge is 0.191 e. The molecular weight excluding hydrogens is 507 g/mol. The second-order valence-corrected chi connectivity index (χ2v) is 8.97. The van der Waals surface area contributed by atoms with Gasteiger partial charge in [0.25, 0.3) is 0 Å². The van der Waals surface area contributed by atoms with Crippen molar-refractivity contribution in [3.05, 3.63) is 66.2 Å². The maximum atomic E-state index is 12.3. The van der Waals surface area contributed by atoms with Crippen molar-refractivity contribution in [3.8, 4) is 0 Å². The Morgan fingerprint density at radius 2 is 1.70 bits per heavy atom. The summed E-state index contributed by atoms with van der Waals surface area (Å²) in [5, 5.41) is 6.84. The number of nitrogens with one attached hydrogen (secondary N) is 2. The van der Waals surface area contributed by atoms with Crippen LogP contribution < -0.4 is 10.6 Å². The Kier molecular flexibility index (Phi) is 10.8. The molecule has 0 radical (unpaired) electrons. The molecule has 1 heterocycles. The van der Waals surface area contributed by atoms with Crippen molar-refractivity contribution in [2.75, 3.05) is 32.4 Å². The monoisotopic (exact) mass is 540 g/mol. The predicted octanol–water partition coefficient (Wildman–Crippen LogP) is 3.80. The quantitative estimate of drug-likeness (QED) is 0.319. The first-order chi connectivity index (χ1) is 14.2. The molecule has 0 aliphatic carbocycles. The van der Waals surface area contributed by atoms with Crippen molar-refractivity contribution in [2.24, 2.45) is 4.99 Å². The Labute approximate surface area is 200 Å². The summed E-state index contributed by atoms with van der Waals surface area (Å²) in [7, 11) is 0.799. The Morgan fingerprint density at radius 1 is 1.10 bits per heavy atom. The molecule has 1 aliphatic rings. The molecule has 5 nitrogen and oxygen atoms in total. The number of rotatable bonds is 7. The molecule has 1 fully saturated rings. The maximum Gasteiger partial charge on any atom is 0.191 e. The predicted molar refractivity (Wildman–Crippen MR) is 137 cm³/mol. The van der Waals surface area contributed by atoms with Crippen LogP contribution in [0.25, 0.3) is 0 Å². The zero-order chi connectivity index (χ0) is 20.5. The fraction of sp³-hybridized carbons (Fsp3) is 0.435. The van der Waals surface area contributed by atoms with E-state index in [2.05, 4.69) is 57.8 Å². The summed E-state index contributed by atoms with van der Waals surface area (Å²) in [6.45, 7) is 5.06. The van der Waals surface area contributed by atoms with Gasteiger partial charge in [-0.05, 0) is 37.5 Å². The van der Waals surface area contributed by atoms with Gasteiger partial charge >= 0.3 is 0 Å². The third-order valence-corrected chi connectivity index (χ3v) is 6.88. The molecule has 0 aromatic heterocycles. The molecule has 30 heavy (non-hydrogen) atoms. The first-order valence-corrected chi connectivity index (χ1v) is 11.7. The summed E-state index contributed by atoms with van der Waals surface area (Å²) < 4.78 is 12.3. The minimum atomic E-state index is -0.989. The molecule has 7 heteroatoms. The highest BCUT2D eigenvalue weighted by molar-refractivity contribution is 14.0. The van der Waals surface area contributed by atoms with E-state index in [1.807, 2.05) is 30.3 Å². The van der Waals surface area contributed by atoms with Crippen LogP contribution in [0.5, 0.6) is 0 Å². The minimum absolute atomic E-state index is 0. The normalized spacial score (nSPS) is 17.6. The number of hydrogen-bond acceptors (Lipinski definition) is 3. The number of likely N-dealkylation sites (tertiary alicyclic amines) is 1. The van der Waals surface area contributed by atoms with Gasteiger partial charge in [-0.15, -0.1) is 24.0 Å². The number of halogens is 1. The van der Waals surface area contributed by atoms with E-state index < -0.39 is 10.8 Å². The highest BCUT2D eigenvalue weighted by atomic mass is 127. The number of benzene rings is 2. The van der Waals surface area contributed by atoms with E-state index in [0.717, 1.165) is 36.8 Å². The number of nitrogens with zero attached hydrogens (tertiary/aromatic N) is 2. The van der Waals surface area contributed by atoms with Crippen LogP contribution in [0.15, 0.2) is 70.6 Å². The molecule has 164 valence electrons. The van der Waals surface area contributed by atoms with Gasteiger partial charge in [-0.25, -0.2) is 0 Å². The van der Waals surface area contributed by atoms with Crippen molar-refractivity contribution < 1.29 is 4.21 Å². The molecule has 0 spiro atoms. The summed E-state index contributed by atoms with van der Waals surface area (Å²) >= 11 is 0. The van der Waals surface area contributed by atoms with Crippen LogP contribution in [0, 0.1) is 0 Å². The van der Waals surface area contributed by atoms with E-state index in [0.29, 0.717) is 24.4 Å². The number of guanidine groups is 1. The Balaban J connectivity index is 0.00000320. The first kappa shape index (κ1) is 24.8. The van der Waals surface area contributed by atoms with Gasteiger partial charge < -0.3 is 10.6 Å². The van der Waals surface area contributed by atoms with Gasteiger partial charge in [0.05, 0.1) is 10.8 Å². The van der Waals surface area contributed by atoms with E-state index in [4.69, 9.17) is 0 Å². The Bertz CT molecular complexity index is 795. The minimum Gasteiger partial charge on any atom is -0.355 e. The molecule has 3 rings (SSSR count). The van der Waals surface area contributed by atoms with Crippen molar-refractivity contribution in [1.29, 1.82) is 0 Å². The average Bonchev–Trinajstić information content (AvgIpc) is 2.79. The van der Waals surface area contributed by atoms with Crippen molar-refractivity contribution >= 4 is 40.7 Å². The van der Waals surface area contributed by atoms with Gasteiger partial charge in [-0.1, -0.05) is 48.5 Å². The second kappa shape index (κ2) is 13.1. The molecule has 0 amide bonds. The molecule has 1 saturated heterocycles. The third kappa shape index (κ3) is 7.35. The lowest BCUT2D eigenvalue weighted by Gasteiger charge is -2.37. The van der Waals surface area contributed by atoms with Crippen molar-refractivity contribution in [1.82, 2.24) is 15.5 Å². The van der Waals surface area contributed by atoms with E-state index >= 15 is 0 Å². The Morgan fingerprint density at radius 3 is 2.30 bits per heavy atom. The van der Waals surface area contributed by atoms with Gasteiger partial charge in [-0.3, -0.25) is 14.1 Å². The van der Waals surface area contributed by atoms with E-state index in [1.54, 1.807) is 7.05 Å². The highest BCUT2D eigenvalue weighted by Gasteiger charge is 2.24. The molecule has 0 saturated carbocycles. The van der Waals surface area contributed by atoms with Crippen molar-refractivity contribution in [3.63, 3.8) is 0 Å². The fourth-order valence-corrected chi connectivity index (χ4v) is 4.70. The van der Waals surface area contributed by atoms with Crippen LogP contribution in [-0.2, 0) is 10.8 Å². The van der Waals surface area contributed by atoms with E-state index in [-0.39, 0.29) is 24.0 Å².